The highest BCUT2D eigenvalue weighted by atomic mass is 16.5. The number of anilines is 1. The van der Waals surface area contributed by atoms with Gasteiger partial charge in [0.2, 0.25) is 0 Å². The molecular formula is C24H30N2O4. The smallest absolute Gasteiger partial charge is 0.265 e. The number of amides is 2. The average Bonchev–Trinajstić information content (AvgIpc) is 3.26. The van der Waals surface area contributed by atoms with E-state index in [2.05, 4.69) is 10.6 Å². The topological polar surface area (TPSA) is 76.7 Å². The molecule has 1 fully saturated rings. The summed E-state index contributed by atoms with van der Waals surface area (Å²) >= 11 is 0. The highest BCUT2D eigenvalue weighted by Gasteiger charge is 2.22. The fourth-order valence-corrected chi connectivity index (χ4v) is 3.38. The van der Waals surface area contributed by atoms with Crippen LogP contribution in [0.25, 0.3) is 0 Å². The number of para-hydroxylation sites is 1. The van der Waals surface area contributed by atoms with Crippen LogP contribution in [0.15, 0.2) is 42.5 Å². The summed E-state index contributed by atoms with van der Waals surface area (Å²) in [5, 5.41) is 5.76. The minimum Gasteiger partial charge on any atom is -0.481 e. The quantitative estimate of drug-likeness (QED) is 0.689. The summed E-state index contributed by atoms with van der Waals surface area (Å²) in [6.07, 6.45) is 1.88. The third-order valence-electron chi connectivity index (χ3n) is 5.36. The summed E-state index contributed by atoms with van der Waals surface area (Å²) in [5.41, 5.74) is 3.16. The molecule has 0 radical (unpaired) electrons. The molecule has 6 nitrogen and oxygen atoms in total. The van der Waals surface area contributed by atoms with Gasteiger partial charge in [0, 0.05) is 13.2 Å². The summed E-state index contributed by atoms with van der Waals surface area (Å²) in [7, 11) is 0. The zero-order valence-electron chi connectivity index (χ0n) is 17.9. The van der Waals surface area contributed by atoms with Gasteiger partial charge in [-0.1, -0.05) is 25.1 Å². The van der Waals surface area contributed by atoms with Crippen LogP contribution in [0.1, 0.15) is 47.7 Å². The molecule has 0 unspecified atom stereocenters. The second-order valence-electron chi connectivity index (χ2n) is 7.64. The number of hydrogen-bond acceptors (Lipinski definition) is 4. The molecule has 1 heterocycles. The van der Waals surface area contributed by atoms with E-state index < -0.39 is 6.10 Å². The molecule has 2 atom stereocenters. The molecule has 2 aromatic rings. The lowest BCUT2D eigenvalue weighted by Gasteiger charge is -2.19. The van der Waals surface area contributed by atoms with Gasteiger partial charge in [0.15, 0.2) is 6.10 Å². The van der Waals surface area contributed by atoms with E-state index in [-0.39, 0.29) is 17.9 Å². The third kappa shape index (κ3) is 5.60. The van der Waals surface area contributed by atoms with Crippen LogP contribution in [0, 0.1) is 13.8 Å². The number of ether oxygens (including phenoxy) is 2. The standard InChI is InChI=1S/C24H30N2O4/c1-4-22(30-18-12-11-16(2)17(3)14-18)24(28)26-21-10-6-5-9-20(21)23(27)25-15-19-8-7-13-29-19/h5-6,9-12,14,19,22H,4,7-8,13,15H2,1-3H3,(H,25,27)(H,26,28)/t19-,22-/m0/s1. The molecule has 0 aliphatic carbocycles. The van der Waals surface area contributed by atoms with Gasteiger partial charge < -0.3 is 20.1 Å². The minimum atomic E-state index is -0.657. The van der Waals surface area contributed by atoms with Crippen LogP contribution in [0.4, 0.5) is 5.69 Å². The van der Waals surface area contributed by atoms with Crippen LogP contribution in [0.2, 0.25) is 0 Å². The van der Waals surface area contributed by atoms with Crippen LogP contribution in [0.3, 0.4) is 0 Å². The first-order chi connectivity index (χ1) is 14.5. The Balaban J connectivity index is 1.65. The molecule has 0 spiro atoms. The number of hydrogen-bond donors (Lipinski definition) is 2. The molecule has 6 heteroatoms. The Hall–Kier alpha value is -2.86. The van der Waals surface area contributed by atoms with E-state index >= 15 is 0 Å². The van der Waals surface area contributed by atoms with Crippen molar-refractivity contribution in [2.24, 2.45) is 0 Å². The molecule has 2 aromatic carbocycles. The molecule has 1 aliphatic rings. The minimum absolute atomic E-state index is 0.0616. The Morgan fingerprint density at radius 3 is 2.67 bits per heavy atom. The van der Waals surface area contributed by atoms with Crippen molar-refractivity contribution in [2.45, 2.75) is 52.2 Å². The predicted octanol–water partition coefficient (Wildman–Crippen LogP) is 4.01. The van der Waals surface area contributed by atoms with Gasteiger partial charge in [-0.25, -0.2) is 0 Å². The van der Waals surface area contributed by atoms with Crippen molar-refractivity contribution in [3.05, 3.63) is 59.2 Å². The van der Waals surface area contributed by atoms with Crippen molar-refractivity contribution in [3.63, 3.8) is 0 Å². The largest absolute Gasteiger partial charge is 0.481 e. The summed E-state index contributed by atoms with van der Waals surface area (Å²) in [6, 6.07) is 12.8. The van der Waals surface area contributed by atoms with E-state index in [0.29, 0.717) is 30.0 Å². The normalized spacial score (nSPS) is 16.7. The van der Waals surface area contributed by atoms with Crippen molar-refractivity contribution in [3.8, 4) is 5.75 Å². The fourth-order valence-electron chi connectivity index (χ4n) is 3.38. The number of aryl methyl sites for hydroxylation is 2. The van der Waals surface area contributed by atoms with Crippen molar-refractivity contribution in [1.82, 2.24) is 5.32 Å². The molecule has 1 saturated heterocycles. The van der Waals surface area contributed by atoms with Gasteiger partial charge in [-0.05, 0) is 68.5 Å². The first kappa shape index (κ1) is 21.8. The van der Waals surface area contributed by atoms with Crippen molar-refractivity contribution >= 4 is 17.5 Å². The van der Waals surface area contributed by atoms with E-state index in [0.717, 1.165) is 25.0 Å². The van der Waals surface area contributed by atoms with E-state index in [4.69, 9.17) is 9.47 Å². The zero-order valence-corrected chi connectivity index (χ0v) is 17.9. The van der Waals surface area contributed by atoms with Crippen molar-refractivity contribution in [1.29, 1.82) is 0 Å². The van der Waals surface area contributed by atoms with E-state index in [9.17, 15) is 9.59 Å². The van der Waals surface area contributed by atoms with Gasteiger partial charge in [0.25, 0.3) is 11.8 Å². The van der Waals surface area contributed by atoms with Gasteiger partial charge in [0.05, 0.1) is 17.4 Å². The SMILES string of the molecule is CC[C@H](Oc1ccc(C)c(C)c1)C(=O)Nc1ccccc1C(=O)NC[C@@H]1CCCO1. The van der Waals surface area contributed by atoms with Gasteiger partial charge in [-0.3, -0.25) is 9.59 Å². The number of carbonyl (C=O) groups excluding carboxylic acids is 2. The molecule has 1 aliphatic heterocycles. The zero-order chi connectivity index (χ0) is 21.5. The molecule has 0 aromatic heterocycles. The highest BCUT2D eigenvalue weighted by Crippen LogP contribution is 2.21. The third-order valence-corrected chi connectivity index (χ3v) is 5.36. The number of nitrogens with one attached hydrogen (secondary N) is 2. The van der Waals surface area contributed by atoms with Crippen LogP contribution < -0.4 is 15.4 Å². The Labute approximate surface area is 178 Å². The lowest BCUT2D eigenvalue weighted by molar-refractivity contribution is -0.122. The van der Waals surface area contributed by atoms with Crippen molar-refractivity contribution < 1.29 is 19.1 Å². The Kier molecular flexibility index (Phi) is 7.46. The maximum Gasteiger partial charge on any atom is 0.265 e. The molecule has 0 bridgehead atoms. The molecule has 3 rings (SSSR count). The summed E-state index contributed by atoms with van der Waals surface area (Å²) < 4.78 is 11.5. The van der Waals surface area contributed by atoms with Crippen LogP contribution in [-0.2, 0) is 9.53 Å². The Bertz CT molecular complexity index is 891. The van der Waals surface area contributed by atoms with E-state index in [1.54, 1.807) is 24.3 Å². The Morgan fingerprint density at radius 1 is 1.17 bits per heavy atom. The van der Waals surface area contributed by atoms with Crippen LogP contribution >= 0.6 is 0 Å². The van der Waals surface area contributed by atoms with E-state index in [1.165, 1.54) is 5.56 Å². The lowest BCUT2D eigenvalue weighted by atomic mass is 10.1. The van der Waals surface area contributed by atoms with Gasteiger partial charge in [0.1, 0.15) is 5.75 Å². The van der Waals surface area contributed by atoms with Gasteiger partial charge >= 0.3 is 0 Å². The molecule has 2 amide bonds. The number of rotatable bonds is 8. The first-order valence-corrected chi connectivity index (χ1v) is 10.5. The fraction of sp³-hybridized carbons (Fsp3) is 0.417. The summed E-state index contributed by atoms with van der Waals surface area (Å²) in [6.45, 7) is 7.14. The van der Waals surface area contributed by atoms with Gasteiger partial charge in [-0.2, -0.15) is 0 Å². The van der Waals surface area contributed by atoms with E-state index in [1.807, 2.05) is 39.0 Å². The number of carbonyl (C=O) groups is 2. The predicted molar refractivity (Wildman–Crippen MR) is 117 cm³/mol. The number of benzene rings is 2. The van der Waals surface area contributed by atoms with Crippen LogP contribution in [0.5, 0.6) is 5.75 Å². The lowest BCUT2D eigenvalue weighted by Crippen LogP contribution is -2.35. The maximum atomic E-state index is 12.9. The first-order valence-electron chi connectivity index (χ1n) is 10.5. The second-order valence-corrected chi connectivity index (χ2v) is 7.64. The maximum absolute atomic E-state index is 12.9. The molecule has 160 valence electrons. The van der Waals surface area contributed by atoms with Crippen molar-refractivity contribution in [2.75, 3.05) is 18.5 Å². The summed E-state index contributed by atoms with van der Waals surface area (Å²) in [5.74, 6) is 0.141. The highest BCUT2D eigenvalue weighted by molar-refractivity contribution is 6.04. The molecule has 2 N–H and O–H groups in total. The van der Waals surface area contributed by atoms with Gasteiger partial charge in [-0.15, -0.1) is 0 Å². The van der Waals surface area contributed by atoms with Crippen LogP contribution in [-0.4, -0.2) is 37.2 Å². The average molecular weight is 411 g/mol. The second kappa shape index (κ2) is 10.3. The molecule has 0 saturated carbocycles. The monoisotopic (exact) mass is 410 g/mol. The summed E-state index contributed by atoms with van der Waals surface area (Å²) in [4.78, 5) is 25.5. The Morgan fingerprint density at radius 2 is 1.97 bits per heavy atom. The molecule has 30 heavy (non-hydrogen) atoms. The molecular weight excluding hydrogens is 380 g/mol.